The van der Waals surface area contributed by atoms with E-state index in [4.69, 9.17) is 5.11 Å². The van der Waals surface area contributed by atoms with Crippen LogP contribution < -0.4 is 0 Å². The predicted molar refractivity (Wildman–Crippen MR) is 105 cm³/mol. The molecule has 1 aromatic rings. The number of likely N-dealkylation sites (tertiary alicyclic amines) is 1. The monoisotopic (exact) mass is 390 g/mol. The maximum atomic E-state index is 13.0. The average molecular weight is 391 g/mol. The first kappa shape index (κ1) is 19.7. The molecule has 2 amide bonds. The zero-order valence-corrected chi connectivity index (χ0v) is 16.8. The van der Waals surface area contributed by atoms with Gasteiger partial charge in [-0.15, -0.1) is 11.8 Å². The lowest BCUT2D eigenvalue weighted by molar-refractivity contribution is -0.141. The van der Waals surface area contributed by atoms with Crippen LogP contribution in [-0.4, -0.2) is 63.5 Å². The summed E-state index contributed by atoms with van der Waals surface area (Å²) in [6, 6.07) is 7.06. The number of aliphatic carboxylic acids is 1. The molecule has 3 rings (SSSR count). The number of thioether (sulfide) groups is 1. The van der Waals surface area contributed by atoms with Gasteiger partial charge in [0.1, 0.15) is 6.04 Å². The smallest absolute Gasteiger partial charge is 0.308 e. The Morgan fingerprint density at radius 1 is 1.15 bits per heavy atom. The van der Waals surface area contributed by atoms with Crippen LogP contribution in [0.15, 0.2) is 24.3 Å². The van der Waals surface area contributed by atoms with Crippen LogP contribution in [0.3, 0.4) is 0 Å². The van der Waals surface area contributed by atoms with Crippen LogP contribution in [0.4, 0.5) is 0 Å². The minimum atomic E-state index is -0.863. The molecule has 0 aliphatic carbocycles. The number of carbonyl (C=O) groups is 3. The highest BCUT2D eigenvalue weighted by Gasteiger charge is 2.40. The van der Waals surface area contributed by atoms with Crippen molar-refractivity contribution in [3.05, 3.63) is 35.4 Å². The summed E-state index contributed by atoms with van der Waals surface area (Å²) in [7, 11) is 0. The Morgan fingerprint density at radius 3 is 2.37 bits per heavy atom. The first-order valence-electron chi connectivity index (χ1n) is 9.19. The van der Waals surface area contributed by atoms with Gasteiger partial charge in [-0.2, -0.15) is 0 Å². The van der Waals surface area contributed by atoms with Gasteiger partial charge in [-0.1, -0.05) is 32.9 Å². The van der Waals surface area contributed by atoms with E-state index < -0.39 is 17.9 Å². The molecule has 0 saturated carbocycles. The second kappa shape index (κ2) is 7.54. The Hall–Kier alpha value is -2.02. The van der Waals surface area contributed by atoms with Crippen molar-refractivity contribution >= 4 is 29.5 Å². The van der Waals surface area contributed by atoms with Crippen molar-refractivity contribution in [1.82, 2.24) is 9.80 Å². The maximum absolute atomic E-state index is 13.0. The average Bonchev–Trinajstić information content (AvgIpc) is 3.29. The van der Waals surface area contributed by atoms with Gasteiger partial charge in [-0.3, -0.25) is 14.4 Å². The molecule has 7 heteroatoms. The Bertz CT molecular complexity index is 741. The number of rotatable bonds is 3. The summed E-state index contributed by atoms with van der Waals surface area (Å²) in [5.74, 6) is -0.614. The molecule has 2 atom stereocenters. The highest BCUT2D eigenvalue weighted by Crippen LogP contribution is 2.28. The first-order valence-corrected chi connectivity index (χ1v) is 10.3. The molecule has 2 heterocycles. The molecule has 0 radical (unpaired) electrons. The molecule has 2 aliphatic heterocycles. The minimum Gasteiger partial charge on any atom is -0.481 e. The van der Waals surface area contributed by atoms with Gasteiger partial charge in [0.05, 0.1) is 11.8 Å². The normalized spacial score (nSPS) is 22.9. The lowest BCUT2D eigenvalue weighted by Crippen LogP contribution is -2.48. The highest BCUT2D eigenvalue weighted by atomic mass is 32.2. The second-order valence-electron chi connectivity index (χ2n) is 8.23. The number of hydrogen-bond donors (Lipinski definition) is 1. The van der Waals surface area contributed by atoms with Gasteiger partial charge in [-0.25, -0.2) is 0 Å². The molecule has 6 nitrogen and oxygen atoms in total. The van der Waals surface area contributed by atoms with E-state index in [1.54, 1.807) is 21.6 Å². The van der Waals surface area contributed by atoms with Crippen LogP contribution in [0.25, 0.3) is 0 Å². The van der Waals surface area contributed by atoms with Crippen molar-refractivity contribution in [2.45, 2.75) is 38.6 Å². The van der Waals surface area contributed by atoms with Crippen molar-refractivity contribution in [3.8, 4) is 0 Å². The van der Waals surface area contributed by atoms with Gasteiger partial charge < -0.3 is 14.9 Å². The summed E-state index contributed by atoms with van der Waals surface area (Å²) >= 11 is 1.56. The lowest BCUT2D eigenvalue weighted by atomic mass is 9.86. The topological polar surface area (TPSA) is 77.9 Å². The molecule has 2 aliphatic rings. The number of benzene rings is 1. The standard InChI is InChI=1S/C20H26N2O4S/c1-20(2,3)15-6-4-13(5-7-15)17(23)22-12-27-11-16(22)18(24)21-9-8-14(10-21)19(25)26/h4-7,14,16H,8-12H2,1-3H3,(H,25,26). The fourth-order valence-corrected chi connectivity index (χ4v) is 4.64. The van der Waals surface area contributed by atoms with Crippen LogP contribution >= 0.6 is 11.8 Å². The van der Waals surface area contributed by atoms with Crippen molar-refractivity contribution in [1.29, 1.82) is 0 Å². The van der Waals surface area contributed by atoms with Gasteiger partial charge in [0, 0.05) is 24.4 Å². The third kappa shape index (κ3) is 4.13. The van der Waals surface area contributed by atoms with Gasteiger partial charge in [0.2, 0.25) is 5.91 Å². The fraction of sp³-hybridized carbons (Fsp3) is 0.550. The highest BCUT2D eigenvalue weighted by molar-refractivity contribution is 7.99. The maximum Gasteiger partial charge on any atom is 0.308 e. The number of carboxylic acid groups (broad SMARTS) is 1. The van der Waals surface area contributed by atoms with Crippen LogP contribution in [-0.2, 0) is 15.0 Å². The number of hydrogen-bond acceptors (Lipinski definition) is 4. The van der Waals surface area contributed by atoms with E-state index in [-0.39, 0.29) is 23.8 Å². The molecule has 2 fully saturated rings. The fourth-order valence-electron chi connectivity index (χ4n) is 3.50. The Kier molecular flexibility index (Phi) is 5.51. The predicted octanol–water partition coefficient (Wildman–Crippen LogP) is 2.43. The summed E-state index contributed by atoms with van der Waals surface area (Å²) in [5, 5.41) is 9.14. The molecular weight excluding hydrogens is 364 g/mol. The third-order valence-electron chi connectivity index (χ3n) is 5.28. The van der Waals surface area contributed by atoms with E-state index >= 15 is 0 Å². The van der Waals surface area contributed by atoms with Gasteiger partial charge in [-0.05, 0) is 29.5 Å². The molecule has 27 heavy (non-hydrogen) atoms. The number of carboxylic acids is 1. The number of carbonyl (C=O) groups excluding carboxylic acids is 2. The SMILES string of the molecule is CC(C)(C)c1ccc(C(=O)N2CSCC2C(=O)N2CCC(C(=O)O)C2)cc1. The van der Waals surface area contributed by atoms with Crippen molar-refractivity contribution in [2.24, 2.45) is 5.92 Å². The third-order valence-corrected chi connectivity index (χ3v) is 6.29. The molecular formula is C20H26N2O4S. The second-order valence-corrected chi connectivity index (χ2v) is 9.23. The van der Waals surface area contributed by atoms with E-state index in [9.17, 15) is 14.4 Å². The Balaban J connectivity index is 1.71. The van der Waals surface area contributed by atoms with E-state index in [0.29, 0.717) is 30.2 Å². The summed E-state index contributed by atoms with van der Waals surface area (Å²) in [6.45, 7) is 7.04. The summed E-state index contributed by atoms with van der Waals surface area (Å²) < 4.78 is 0. The molecule has 2 saturated heterocycles. The van der Waals surface area contributed by atoms with Crippen LogP contribution in [0, 0.1) is 5.92 Å². The Labute approximate surface area is 163 Å². The van der Waals surface area contributed by atoms with Crippen LogP contribution in [0.2, 0.25) is 0 Å². The van der Waals surface area contributed by atoms with E-state index in [1.165, 1.54) is 0 Å². The van der Waals surface area contributed by atoms with Crippen molar-refractivity contribution < 1.29 is 19.5 Å². The zero-order valence-electron chi connectivity index (χ0n) is 16.0. The molecule has 0 spiro atoms. The van der Waals surface area contributed by atoms with E-state index in [2.05, 4.69) is 20.8 Å². The van der Waals surface area contributed by atoms with Gasteiger partial charge in [0.25, 0.3) is 5.91 Å². The summed E-state index contributed by atoms with van der Waals surface area (Å²) in [4.78, 5) is 40.2. The molecule has 0 bridgehead atoms. The lowest BCUT2D eigenvalue weighted by Gasteiger charge is -2.27. The quantitative estimate of drug-likeness (QED) is 0.858. The zero-order chi connectivity index (χ0) is 19.8. The number of amides is 2. The first-order chi connectivity index (χ1) is 12.7. The van der Waals surface area contributed by atoms with Crippen LogP contribution in [0.5, 0.6) is 0 Å². The molecule has 146 valence electrons. The molecule has 2 unspecified atom stereocenters. The molecule has 1 N–H and O–H groups in total. The largest absolute Gasteiger partial charge is 0.481 e. The van der Waals surface area contributed by atoms with Crippen molar-refractivity contribution in [2.75, 3.05) is 24.7 Å². The Morgan fingerprint density at radius 2 is 1.81 bits per heavy atom. The molecule has 0 aromatic heterocycles. The summed E-state index contributed by atoms with van der Waals surface area (Å²) in [5.41, 5.74) is 1.74. The van der Waals surface area contributed by atoms with Gasteiger partial charge >= 0.3 is 5.97 Å². The van der Waals surface area contributed by atoms with Crippen molar-refractivity contribution in [3.63, 3.8) is 0 Å². The summed E-state index contributed by atoms with van der Waals surface area (Å²) in [6.07, 6.45) is 0.475. The molecule has 1 aromatic carbocycles. The van der Waals surface area contributed by atoms with Gasteiger partial charge in [0.15, 0.2) is 0 Å². The van der Waals surface area contributed by atoms with E-state index in [0.717, 1.165) is 5.56 Å². The number of nitrogens with zero attached hydrogens (tertiary/aromatic N) is 2. The minimum absolute atomic E-state index is 0.0139. The van der Waals surface area contributed by atoms with Crippen LogP contribution in [0.1, 0.15) is 43.1 Å². The van der Waals surface area contributed by atoms with E-state index in [1.807, 2.05) is 24.3 Å².